The van der Waals surface area contributed by atoms with Gasteiger partial charge in [-0.15, -0.1) is 0 Å². The van der Waals surface area contributed by atoms with Gasteiger partial charge in [0, 0.05) is 30.9 Å². The van der Waals surface area contributed by atoms with E-state index in [9.17, 15) is 29.4 Å². The maximum atomic E-state index is 13.5. The number of allylic oxidation sites excluding steroid dienone is 1. The van der Waals surface area contributed by atoms with E-state index < -0.39 is 59.7 Å². The molecular weight excluding hydrogens is 562 g/mol. The summed E-state index contributed by atoms with van der Waals surface area (Å²) < 4.78 is 29.4. The standard InChI is InChI=1S/C31H37NO11/c1-15-9-17-13-41-25(35)6-5-20-21(29(37)32-28(20)36)7-8-40-14-23(34)27(17)42-30(38)24(39-2)11-18-4-3-16-10-19-12-22(33)26(16)31(15,18)43-19/h3-4,7-9,16-19,22-24,26-27,33-34H,5-6,10-14H2,1-2H3,(H,32,36,37)/b8-7+,15-9-/t16-,17+,18-,19+,22-,23-,24+,26-,27-,31-/m1/s1. The van der Waals surface area contributed by atoms with Crippen LogP contribution < -0.4 is 5.32 Å². The summed E-state index contributed by atoms with van der Waals surface area (Å²) in [5, 5.41) is 24.7. The number of fused-ring (bicyclic) bond motifs is 2. The van der Waals surface area contributed by atoms with E-state index >= 15 is 0 Å². The lowest BCUT2D eigenvalue weighted by Crippen LogP contribution is -2.66. The second kappa shape index (κ2) is 11.6. The van der Waals surface area contributed by atoms with E-state index in [0.717, 1.165) is 12.0 Å². The highest BCUT2D eigenvalue weighted by Crippen LogP contribution is 2.58. The number of amides is 2. The minimum Gasteiger partial charge on any atom is -0.498 e. The number of ether oxygens (including phenoxy) is 5. The molecule has 2 aliphatic carbocycles. The highest BCUT2D eigenvalue weighted by atomic mass is 16.6. The highest BCUT2D eigenvalue weighted by molar-refractivity contribution is 6.20. The topological polar surface area (TPSA) is 167 Å². The normalized spacial score (nSPS) is 43.4. The van der Waals surface area contributed by atoms with Gasteiger partial charge in [-0.2, -0.15) is 0 Å². The number of cyclic esters (lactones) is 1. The van der Waals surface area contributed by atoms with Gasteiger partial charge in [-0.1, -0.05) is 18.2 Å². The van der Waals surface area contributed by atoms with Crippen LogP contribution in [0.1, 0.15) is 39.0 Å². The molecule has 4 bridgehead atoms. The molecule has 12 nitrogen and oxygen atoms in total. The van der Waals surface area contributed by atoms with E-state index in [-0.39, 0.29) is 67.5 Å². The van der Waals surface area contributed by atoms with Crippen LogP contribution >= 0.6 is 0 Å². The molecule has 2 amide bonds. The van der Waals surface area contributed by atoms with Crippen molar-refractivity contribution in [1.82, 2.24) is 5.32 Å². The van der Waals surface area contributed by atoms with Gasteiger partial charge in [0.1, 0.15) is 31.0 Å². The number of hydrogen-bond donors (Lipinski definition) is 3. The number of aliphatic hydroxyl groups excluding tert-OH is 2. The molecule has 0 aromatic rings. The molecule has 0 radical (unpaired) electrons. The molecule has 3 N–H and O–H groups in total. The highest BCUT2D eigenvalue weighted by Gasteiger charge is 2.62. The molecule has 3 fully saturated rings. The molecule has 1 spiro atoms. The third-order valence-corrected chi connectivity index (χ3v) is 9.75. The summed E-state index contributed by atoms with van der Waals surface area (Å²) in [6, 6.07) is 0. The van der Waals surface area contributed by atoms with Crippen molar-refractivity contribution >= 4 is 23.8 Å². The summed E-state index contributed by atoms with van der Waals surface area (Å²) in [5.41, 5.74) is 0.0485. The molecule has 43 heavy (non-hydrogen) atoms. The SMILES string of the molecule is CO[C@H]1C[C@H]2C=C[C@@H]3C[C@H]4C[C@@H](O)[C@@H]3[C@@]2(O4)/C(C)=C\[C@H]2COC(=O)CCC3=C(/C=C/OC[C@@H](O)[C@@H]2OC1=O)C(=O)NC3=O. The molecule has 1 saturated carbocycles. The molecule has 0 unspecified atom stereocenters. The Morgan fingerprint density at radius 1 is 0.977 bits per heavy atom. The van der Waals surface area contributed by atoms with Gasteiger partial charge in [0.15, 0.2) is 6.10 Å². The minimum atomic E-state index is -1.38. The molecule has 10 atom stereocenters. The number of methoxy groups -OCH3 is 1. The zero-order valence-corrected chi connectivity index (χ0v) is 24.1. The van der Waals surface area contributed by atoms with Gasteiger partial charge in [-0.25, -0.2) is 4.79 Å². The first kappa shape index (κ1) is 29.7. The minimum absolute atomic E-state index is 0.0283. The number of imide groups is 1. The Hall–Kier alpha value is -3.32. The van der Waals surface area contributed by atoms with E-state index in [0.29, 0.717) is 6.42 Å². The first-order valence-electron chi connectivity index (χ1n) is 14.8. The molecule has 5 aliphatic heterocycles. The summed E-state index contributed by atoms with van der Waals surface area (Å²) >= 11 is 0. The van der Waals surface area contributed by atoms with Gasteiger partial charge in [-0.3, -0.25) is 19.7 Å². The van der Waals surface area contributed by atoms with E-state index in [1.807, 2.05) is 19.1 Å². The Morgan fingerprint density at radius 2 is 1.79 bits per heavy atom. The van der Waals surface area contributed by atoms with Gasteiger partial charge in [0.25, 0.3) is 11.8 Å². The van der Waals surface area contributed by atoms with Crippen LogP contribution in [0.25, 0.3) is 0 Å². The second-order valence-corrected chi connectivity index (χ2v) is 12.2. The van der Waals surface area contributed by atoms with Gasteiger partial charge in [0.05, 0.1) is 30.0 Å². The number of rotatable bonds is 1. The van der Waals surface area contributed by atoms with Crippen LogP contribution in [0.3, 0.4) is 0 Å². The van der Waals surface area contributed by atoms with Crippen molar-refractivity contribution in [3.8, 4) is 0 Å². The summed E-state index contributed by atoms with van der Waals surface area (Å²) in [6.07, 6.45) is 5.46. The summed E-state index contributed by atoms with van der Waals surface area (Å²) in [5.74, 6) is -3.82. The van der Waals surface area contributed by atoms with Crippen molar-refractivity contribution in [2.24, 2.45) is 23.7 Å². The predicted octanol–water partition coefficient (Wildman–Crippen LogP) is 0.771. The number of carbonyl (C=O) groups is 4. The van der Waals surface area contributed by atoms with E-state index in [2.05, 4.69) is 11.4 Å². The summed E-state index contributed by atoms with van der Waals surface area (Å²) in [4.78, 5) is 50.9. The summed E-state index contributed by atoms with van der Waals surface area (Å²) in [7, 11) is 1.41. The van der Waals surface area contributed by atoms with E-state index in [1.54, 1.807) is 0 Å². The third-order valence-electron chi connectivity index (χ3n) is 9.75. The van der Waals surface area contributed by atoms with Crippen LogP contribution in [-0.2, 0) is 42.9 Å². The largest absolute Gasteiger partial charge is 0.498 e. The Labute approximate surface area is 248 Å². The van der Waals surface area contributed by atoms with Gasteiger partial charge >= 0.3 is 11.9 Å². The summed E-state index contributed by atoms with van der Waals surface area (Å²) in [6.45, 7) is 1.31. The smallest absolute Gasteiger partial charge is 0.335 e. The third kappa shape index (κ3) is 5.24. The number of aliphatic hydroxyl groups is 2. The molecule has 2 saturated heterocycles. The Morgan fingerprint density at radius 3 is 2.56 bits per heavy atom. The Bertz CT molecular complexity index is 1320. The maximum Gasteiger partial charge on any atom is 0.335 e. The van der Waals surface area contributed by atoms with Crippen LogP contribution in [0.15, 0.2) is 47.3 Å². The molecular formula is C31H37NO11. The Kier molecular flexibility index (Phi) is 8.05. The number of carbonyl (C=O) groups excluding carboxylic acids is 4. The second-order valence-electron chi connectivity index (χ2n) is 12.2. The van der Waals surface area contributed by atoms with Gasteiger partial charge < -0.3 is 33.9 Å². The lowest BCUT2D eigenvalue weighted by Gasteiger charge is -2.62. The van der Waals surface area contributed by atoms with Crippen molar-refractivity contribution in [3.63, 3.8) is 0 Å². The molecule has 12 heteroatoms. The molecule has 0 aromatic carbocycles. The fourth-order valence-electron chi connectivity index (χ4n) is 7.81. The first-order chi connectivity index (χ1) is 20.6. The van der Waals surface area contributed by atoms with E-state index in [4.69, 9.17) is 23.7 Å². The van der Waals surface area contributed by atoms with Crippen LogP contribution in [0.5, 0.6) is 0 Å². The van der Waals surface area contributed by atoms with Crippen molar-refractivity contribution in [2.75, 3.05) is 20.3 Å². The lowest BCUT2D eigenvalue weighted by atomic mass is 9.54. The monoisotopic (exact) mass is 599 g/mol. The van der Waals surface area contributed by atoms with Crippen LogP contribution in [0.2, 0.25) is 0 Å². The average Bonchev–Trinajstić information content (AvgIpc) is 3.24. The molecule has 7 rings (SSSR count). The Balaban J connectivity index is 1.39. The predicted molar refractivity (Wildman–Crippen MR) is 146 cm³/mol. The van der Waals surface area contributed by atoms with Crippen LogP contribution in [0, 0.1) is 23.7 Å². The van der Waals surface area contributed by atoms with Crippen molar-refractivity contribution in [3.05, 3.63) is 47.3 Å². The first-order valence-corrected chi connectivity index (χ1v) is 14.8. The van der Waals surface area contributed by atoms with E-state index in [1.165, 1.54) is 19.4 Å². The number of nitrogens with one attached hydrogen (secondary N) is 1. The molecule has 5 heterocycles. The number of hydrogen-bond acceptors (Lipinski definition) is 11. The quantitative estimate of drug-likeness (QED) is 0.221. The zero-order valence-electron chi connectivity index (χ0n) is 24.1. The fraction of sp³-hybridized carbons (Fsp3) is 0.613. The molecule has 0 aromatic heterocycles. The number of esters is 2. The zero-order chi connectivity index (χ0) is 30.5. The lowest BCUT2D eigenvalue weighted by molar-refractivity contribution is -0.254. The maximum absolute atomic E-state index is 13.5. The van der Waals surface area contributed by atoms with Gasteiger partial charge in [-0.05, 0) is 50.2 Å². The van der Waals surface area contributed by atoms with Crippen molar-refractivity contribution in [1.29, 1.82) is 0 Å². The average molecular weight is 600 g/mol. The van der Waals surface area contributed by atoms with Crippen LogP contribution in [0.4, 0.5) is 0 Å². The molecule has 232 valence electrons. The molecule has 7 aliphatic rings. The fourth-order valence-corrected chi connectivity index (χ4v) is 7.81. The van der Waals surface area contributed by atoms with Crippen LogP contribution in [-0.4, -0.2) is 90.4 Å². The van der Waals surface area contributed by atoms with Gasteiger partial charge in [0.2, 0.25) is 0 Å². The van der Waals surface area contributed by atoms with Crippen molar-refractivity contribution in [2.45, 2.75) is 75.1 Å². The van der Waals surface area contributed by atoms with Crippen molar-refractivity contribution < 1.29 is 53.1 Å².